The van der Waals surface area contributed by atoms with Crippen LogP contribution in [-0.4, -0.2) is 24.8 Å². The van der Waals surface area contributed by atoms with Gasteiger partial charge in [-0.2, -0.15) is 0 Å². The molecule has 0 aliphatic carbocycles. The average molecular weight is 267 g/mol. The fourth-order valence-corrected chi connectivity index (χ4v) is 4.05. The van der Waals surface area contributed by atoms with Crippen LogP contribution in [0.25, 0.3) is 9.78 Å². The van der Waals surface area contributed by atoms with Crippen LogP contribution in [0, 0.1) is 0 Å². The van der Waals surface area contributed by atoms with Gasteiger partial charge in [0, 0.05) is 0 Å². The quantitative estimate of drug-likeness (QED) is 0.470. The van der Waals surface area contributed by atoms with Gasteiger partial charge in [-0.05, 0) is 0 Å². The molecule has 1 aromatic carbocycles. The van der Waals surface area contributed by atoms with Crippen LogP contribution >= 0.6 is 9.91 Å². The van der Waals surface area contributed by atoms with Crippen molar-refractivity contribution in [3.63, 3.8) is 0 Å². The molecular formula is C7H6ClNOSSe. The Hall–Kier alpha value is -0.151. The van der Waals surface area contributed by atoms with E-state index in [1.165, 1.54) is 4.26 Å². The summed E-state index contributed by atoms with van der Waals surface area (Å²) in [7, 11) is 3.34. The van der Waals surface area contributed by atoms with E-state index in [1.807, 2.05) is 12.1 Å². The number of ether oxygens (including phenoxy) is 1. The minimum absolute atomic E-state index is 0. The monoisotopic (exact) mass is 267 g/mol. The number of benzene rings is 1. The molecule has 0 aliphatic rings. The number of hydrogen-bond donors (Lipinski definition) is 0. The third-order valence-corrected chi connectivity index (χ3v) is 4.71. The molecule has 0 atom stereocenters. The summed E-state index contributed by atoms with van der Waals surface area (Å²) < 4.78 is 10.7. The van der Waals surface area contributed by atoms with E-state index in [9.17, 15) is 0 Å². The minimum Gasteiger partial charge on any atom is -1.00 e. The van der Waals surface area contributed by atoms with Gasteiger partial charge >= 0.3 is 73.2 Å². The fraction of sp³-hybridized carbons (Fsp3) is 0.143. The van der Waals surface area contributed by atoms with Gasteiger partial charge in [0.25, 0.3) is 0 Å². The molecule has 0 N–H and O–H groups in total. The molecule has 0 saturated carbocycles. The number of aromatic nitrogens is 1. The van der Waals surface area contributed by atoms with Crippen molar-refractivity contribution in [1.29, 1.82) is 0 Å². The minimum atomic E-state index is 0. The molecule has 0 spiro atoms. The maximum Gasteiger partial charge on any atom is -1.00 e. The van der Waals surface area contributed by atoms with Gasteiger partial charge in [0.15, 0.2) is 0 Å². The van der Waals surface area contributed by atoms with Gasteiger partial charge in [-0.3, -0.25) is 0 Å². The Bertz CT molecular complexity index is 378. The number of hydrogen-bond acceptors (Lipinski definition) is 2. The summed E-state index contributed by atoms with van der Waals surface area (Å²) in [6, 6.07) is 6.03. The van der Waals surface area contributed by atoms with Gasteiger partial charge in [-0.1, -0.05) is 0 Å². The zero-order valence-electron chi connectivity index (χ0n) is 6.28. The number of nitrogens with zero attached hydrogens (tertiary/aromatic N) is 1. The van der Waals surface area contributed by atoms with Crippen LogP contribution in [0.5, 0.6) is 5.75 Å². The maximum atomic E-state index is 5.10. The predicted octanol–water partition coefficient (Wildman–Crippen LogP) is -1.35. The molecule has 2 rings (SSSR count). The summed E-state index contributed by atoms with van der Waals surface area (Å²) in [5, 5.41) is 0. The molecule has 1 heterocycles. The third kappa shape index (κ3) is 1.77. The Morgan fingerprint density at radius 2 is 2.33 bits per heavy atom. The molecular weight excluding hydrogens is 261 g/mol. The van der Waals surface area contributed by atoms with Gasteiger partial charge in [0.05, 0.1) is 0 Å². The van der Waals surface area contributed by atoms with E-state index < -0.39 is 0 Å². The van der Waals surface area contributed by atoms with E-state index >= 15 is 0 Å². The topological polar surface area (TPSA) is 22.1 Å². The SMILES string of the molecule is COc1ccc2n[s+][se]c2c1.[Cl-]. The Morgan fingerprint density at radius 1 is 1.50 bits per heavy atom. The molecule has 5 heteroatoms. The van der Waals surface area contributed by atoms with Gasteiger partial charge in [0.1, 0.15) is 0 Å². The second-order valence-corrected chi connectivity index (χ2v) is 5.49. The van der Waals surface area contributed by atoms with Gasteiger partial charge in [-0.25, -0.2) is 0 Å². The van der Waals surface area contributed by atoms with Crippen molar-refractivity contribution in [3.05, 3.63) is 18.2 Å². The van der Waals surface area contributed by atoms with Crippen LogP contribution < -0.4 is 17.1 Å². The molecule has 2 nitrogen and oxygen atoms in total. The normalized spacial score (nSPS) is 9.42. The van der Waals surface area contributed by atoms with Crippen molar-refractivity contribution in [1.82, 2.24) is 4.37 Å². The van der Waals surface area contributed by atoms with Crippen molar-refractivity contribution in [2.24, 2.45) is 0 Å². The first-order valence-corrected chi connectivity index (χ1v) is 6.78. The number of fused-ring (bicyclic) bond motifs is 1. The van der Waals surface area contributed by atoms with E-state index in [0.717, 1.165) is 11.3 Å². The Balaban J connectivity index is 0.000000720. The molecule has 0 radical (unpaired) electrons. The standard InChI is InChI=1S/C7H6NOSSe.ClH/c1-9-5-2-3-6-7(4-5)11-10-8-6;/h2-4H,1H3;1H/q+1;/p-1. The first kappa shape index (κ1) is 9.93. The third-order valence-electron chi connectivity index (χ3n) is 1.43. The number of rotatable bonds is 1. The molecule has 0 unspecified atom stereocenters. The van der Waals surface area contributed by atoms with Crippen LogP contribution in [0.4, 0.5) is 0 Å². The van der Waals surface area contributed by atoms with Crippen molar-refractivity contribution in [2.75, 3.05) is 7.11 Å². The summed E-state index contributed by atoms with van der Waals surface area (Å²) in [4.78, 5) is 0. The first-order chi connectivity index (χ1) is 5.40. The van der Waals surface area contributed by atoms with E-state index in [-0.39, 0.29) is 12.4 Å². The van der Waals surface area contributed by atoms with E-state index in [1.54, 1.807) is 17.0 Å². The summed E-state index contributed by atoms with van der Waals surface area (Å²) >= 11 is 0.462. The number of halogens is 1. The van der Waals surface area contributed by atoms with Crippen molar-refractivity contribution in [3.8, 4) is 5.75 Å². The summed E-state index contributed by atoms with van der Waals surface area (Å²) in [5.74, 6) is 0.934. The van der Waals surface area contributed by atoms with E-state index in [0.29, 0.717) is 13.3 Å². The van der Waals surface area contributed by atoms with Crippen LogP contribution in [0.3, 0.4) is 0 Å². The van der Waals surface area contributed by atoms with Crippen LogP contribution in [-0.2, 0) is 0 Å². The molecule has 0 aliphatic heterocycles. The Kier molecular flexibility index (Phi) is 3.47. The molecule has 0 saturated heterocycles. The summed E-state index contributed by atoms with van der Waals surface area (Å²) in [5.41, 5.74) is 1.12. The maximum absolute atomic E-state index is 5.10. The predicted molar refractivity (Wildman–Crippen MR) is 47.5 cm³/mol. The molecule has 0 amide bonds. The second-order valence-electron chi connectivity index (χ2n) is 2.08. The molecule has 12 heavy (non-hydrogen) atoms. The molecule has 1 aromatic heterocycles. The van der Waals surface area contributed by atoms with E-state index in [4.69, 9.17) is 4.74 Å². The second kappa shape index (κ2) is 4.19. The number of methoxy groups -OCH3 is 1. The van der Waals surface area contributed by atoms with E-state index in [2.05, 4.69) is 10.4 Å². The summed E-state index contributed by atoms with van der Waals surface area (Å²) in [6.45, 7) is 0. The Morgan fingerprint density at radius 3 is 3.08 bits per heavy atom. The zero-order chi connectivity index (χ0) is 7.68. The van der Waals surface area contributed by atoms with Gasteiger partial charge in [0.2, 0.25) is 0 Å². The average Bonchev–Trinajstić information content (AvgIpc) is 2.50. The largest absolute Gasteiger partial charge is 1.00 e. The molecule has 0 fully saturated rings. The van der Waals surface area contributed by atoms with Crippen LogP contribution in [0.1, 0.15) is 0 Å². The molecule has 64 valence electrons. The van der Waals surface area contributed by atoms with Crippen molar-refractivity contribution in [2.45, 2.75) is 0 Å². The van der Waals surface area contributed by atoms with Crippen LogP contribution in [0.2, 0.25) is 0 Å². The van der Waals surface area contributed by atoms with Crippen LogP contribution in [0.15, 0.2) is 18.2 Å². The zero-order valence-corrected chi connectivity index (χ0v) is 9.57. The van der Waals surface area contributed by atoms with Gasteiger partial charge in [-0.15, -0.1) is 0 Å². The summed E-state index contributed by atoms with van der Waals surface area (Å²) in [6.07, 6.45) is 0. The van der Waals surface area contributed by atoms with Gasteiger partial charge < -0.3 is 12.4 Å². The molecule has 2 aromatic rings. The van der Waals surface area contributed by atoms with Crippen molar-refractivity contribution < 1.29 is 17.1 Å². The fourth-order valence-electron chi connectivity index (χ4n) is 0.863. The Labute approximate surface area is 85.6 Å². The smallest absolute Gasteiger partial charge is 1.00 e. The first-order valence-electron chi connectivity index (χ1n) is 3.13. The van der Waals surface area contributed by atoms with Crippen molar-refractivity contribution >= 4 is 33.0 Å². The molecule has 0 bridgehead atoms.